The first-order valence-corrected chi connectivity index (χ1v) is 9.77. The Balaban J connectivity index is 1.58. The van der Waals surface area contributed by atoms with E-state index in [4.69, 9.17) is 4.74 Å². The second-order valence-corrected chi connectivity index (χ2v) is 7.85. The number of hydrogen-bond acceptors (Lipinski definition) is 2. The molecule has 2 saturated carbocycles. The lowest BCUT2D eigenvalue weighted by atomic mass is 9.79. The van der Waals surface area contributed by atoms with Crippen molar-refractivity contribution in [3.05, 3.63) is 0 Å². The van der Waals surface area contributed by atoms with E-state index in [0.29, 0.717) is 17.7 Å². The van der Waals surface area contributed by atoms with Crippen LogP contribution in [0.1, 0.15) is 96.3 Å². The van der Waals surface area contributed by atoms with Crippen LogP contribution in [0.4, 0.5) is 0 Å². The van der Waals surface area contributed by atoms with Gasteiger partial charge in [0.25, 0.3) is 0 Å². The normalized spacial score (nSPS) is 35.4. The summed E-state index contributed by atoms with van der Waals surface area (Å²) >= 11 is 0. The first kappa shape index (κ1) is 15.8. The van der Waals surface area contributed by atoms with Crippen molar-refractivity contribution in [2.24, 2.45) is 0 Å². The van der Waals surface area contributed by atoms with Gasteiger partial charge in [-0.2, -0.15) is 0 Å². The van der Waals surface area contributed by atoms with Crippen LogP contribution < -0.4 is 5.32 Å². The first-order chi connectivity index (χ1) is 10.4. The summed E-state index contributed by atoms with van der Waals surface area (Å²) in [5.74, 6) is 0. The molecule has 0 bridgehead atoms. The molecule has 2 atom stereocenters. The van der Waals surface area contributed by atoms with E-state index in [1.165, 1.54) is 96.3 Å². The average Bonchev–Trinajstić information content (AvgIpc) is 2.50. The van der Waals surface area contributed by atoms with Crippen molar-refractivity contribution in [3.8, 4) is 0 Å². The quantitative estimate of drug-likeness (QED) is 0.681. The van der Waals surface area contributed by atoms with Gasteiger partial charge in [0.1, 0.15) is 0 Å². The molecule has 2 heteroatoms. The van der Waals surface area contributed by atoms with Gasteiger partial charge in [-0.3, -0.25) is 0 Å². The third-order valence-electron chi connectivity index (χ3n) is 6.08. The Morgan fingerprint density at radius 2 is 1.24 bits per heavy atom. The Labute approximate surface area is 131 Å². The second kappa shape index (κ2) is 7.97. The Hall–Kier alpha value is -0.0800. The van der Waals surface area contributed by atoms with Crippen LogP contribution in [0.5, 0.6) is 0 Å². The summed E-state index contributed by atoms with van der Waals surface area (Å²) < 4.78 is 6.42. The number of nitrogens with one attached hydrogen (secondary N) is 1. The molecule has 3 rings (SSSR count). The maximum Gasteiger partial charge on any atom is 0.0729 e. The van der Waals surface area contributed by atoms with Crippen LogP contribution in [0.25, 0.3) is 0 Å². The van der Waals surface area contributed by atoms with Crippen molar-refractivity contribution in [2.75, 3.05) is 6.61 Å². The van der Waals surface area contributed by atoms with Gasteiger partial charge in [0.05, 0.1) is 12.7 Å². The number of rotatable bonds is 0. The van der Waals surface area contributed by atoms with Gasteiger partial charge in [-0.15, -0.1) is 0 Å². The highest BCUT2D eigenvalue weighted by Gasteiger charge is 2.41. The molecule has 0 amide bonds. The molecule has 1 heterocycles. The molecular formula is C19H35NO. The third kappa shape index (κ3) is 4.45. The predicted octanol–water partition coefficient (Wildman–Crippen LogP) is 4.96. The highest BCUT2D eigenvalue weighted by Crippen LogP contribution is 2.34. The van der Waals surface area contributed by atoms with Gasteiger partial charge in [0, 0.05) is 11.6 Å². The van der Waals surface area contributed by atoms with Crippen molar-refractivity contribution in [3.63, 3.8) is 0 Å². The second-order valence-electron chi connectivity index (χ2n) is 7.85. The van der Waals surface area contributed by atoms with E-state index in [0.717, 1.165) is 6.61 Å². The molecule has 1 aliphatic heterocycles. The SMILES string of the molecule is C1CCCCCC2OCC3(CCCCC3)NC2CCCC1. The summed E-state index contributed by atoms with van der Waals surface area (Å²) in [7, 11) is 0. The summed E-state index contributed by atoms with van der Waals surface area (Å²) in [6, 6.07) is 0.635. The molecule has 0 aromatic heterocycles. The molecule has 1 N–H and O–H groups in total. The van der Waals surface area contributed by atoms with Crippen LogP contribution in [0.2, 0.25) is 0 Å². The molecule has 2 aliphatic carbocycles. The molecule has 3 fully saturated rings. The van der Waals surface area contributed by atoms with Gasteiger partial charge in [-0.05, 0) is 25.7 Å². The largest absolute Gasteiger partial charge is 0.375 e. The fraction of sp³-hybridized carbons (Fsp3) is 1.00. The Morgan fingerprint density at radius 1 is 0.667 bits per heavy atom. The Kier molecular flexibility index (Phi) is 5.99. The van der Waals surface area contributed by atoms with Crippen LogP contribution in [0, 0.1) is 0 Å². The molecule has 0 aromatic rings. The number of ether oxygens (including phenoxy) is 1. The van der Waals surface area contributed by atoms with Crippen molar-refractivity contribution in [1.29, 1.82) is 0 Å². The molecule has 1 saturated heterocycles. The highest BCUT2D eigenvalue weighted by molar-refractivity contribution is 4.98. The molecule has 21 heavy (non-hydrogen) atoms. The lowest BCUT2D eigenvalue weighted by molar-refractivity contribution is -0.0794. The zero-order valence-corrected chi connectivity index (χ0v) is 13.9. The molecule has 2 nitrogen and oxygen atoms in total. The van der Waals surface area contributed by atoms with Crippen LogP contribution in [0.3, 0.4) is 0 Å². The molecule has 1 spiro atoms. The molecule has 0 aromatic carbocycles. The number of fused-ring (bicyclic) bond motifs is 1. The minimum absolute atomic E-state index is 0.344. The van der Waals surface area contributed by atoms with Gasteiger partial charge < -0.3 is 10.1 Å². The van der Waals surface area contributed by atoms with E-state index in [1.807, 2.05) is 0 Å². The minimum Gasteiger partial charge on any atom is -0.375 e. The van der Waals surface area contributed by atoms with Crippen molar-refractivity contribution in [2.45, 2.75) is 114 Å². The van der Waals surface area contributed by atoms with E-state index < -0.39 is 0 Å². The van der Waals surface area contributed by atoms with Crippen molar-refractivity contribution < 1.29 is 4.74 Å². The zero-order chi connectivity index (χ0) is 14.4. The zero-order valence-electron chi connectivity index (χ0n) is 13.9. The van der Waals surface area contributed by atoms with Gasteiger partial charge in [-0.25, -0.2) is 0 Å². The summed E-state index contributed by atoms with van der Waals surface area (Å²) in [4.78, 5) is 0. The fourth-order valence-corrected chi connectivity index (χ4v) is 4.74. The maximum absolute atomic E-state index is 6.42. The van der Waals surface area contributed by atoms with Crippen LogP contribution >= 0.6 is 0 Å². The third-order valence-corrected chi connectivity index (χ3v) is 6.08. The van der Waals surface area contributed by atoms with Gasteiger partial charge in [0.15, 0.2) is 0 Å². The predicted molar refractivity (Wildman–Crippen MR) is 88.6 cm³/mol. The fourth-order valence-electron chi connectivity index (χ4n) is 4.74. The Morgan fingerprint density at radius 3 is 1.95 bits per heavy atom. The van der Waals surface area contributed by atoms with E-state index in [2.05, 4.69) is 5.32 Å². The van der Waals surface area contributed by atoms with Gasteiger partial charge >= 0.3 is 0 Å². The highest BCUT2D eigenvalue weighted by atomic mass is 16.5. The van der Waals surface area contributed by atoms with Gasteiger partial charge in [-0.1, -0.05) is 70.6 Å². The summed E-state index contributed by atoms with van der Waals surface area (Å²) in [6.45, 7) is 0.980. The van der Waals surface area contributed by atoms with Crippen LogP contribution in [0.15, 0.2) is 0 Å². The number of morpholine rings is 1. The van der Waals surface area contributed by atoms with Crippen molar-refractivity contribution >= 4 is 0 Å². The van der Waals surface area contributed by atoms with E-state index in [1.54, 1.807) is 0 Å². The molecule has 3 aliphatic rings. The smallest absolute Gasteiger partial charge is 0.0729 e. The molecular weight excluding hydrogens is 258 g/mol. The summed E-state index contributed by atoms with van der Waals surface area (Å²) in [5, 5.41) is 4.10. The van der Waals surface area contributed by atoms with Crippen molar-refractivity contribution in [1.82, 2.24) is 5.32 Å². The van der Waals surface area contributed by atoms with E-state index in [-0.39, 0.29) is 0 Å². The topological polar surface area (TPSA) is 21.3 Å². The van der Waals surface area contributed by atoms with E-state index in [9.17, 15) is 0 Å². The van der Waals surface area contributed by atoms with E-state index >= 15 is 0 Å². The summed E-state index contributed by atoms with van der Waals surface area (Å²) in [5.41, 5.74) is 0.344. The molecule has 0 radical (unpaired) electrons. The lowest BCUT2D eigenvalue weighted by Crippen LogP contribution is -2.63. The average molecular weight is 293 g/mol. The van der Waals surface area contributed by atoms with Gasteiger partial charge in [0.2, 0.25) is 0 Å². The summed E-state index contributed by atoms with van der Waals surface area (Å²) in [6.07, 6.45) is 21.4. The maximum atomic E-state index is 6.42. The lowest BCUT2D eigenvalue weighted by Gasteiger charge is -2.48. The standard InChI is InChI=1S/C19H35NO/c1-2-4-6-9-13-18-17(12-8-5-3-1)20-19(16-21-18)14-10-7-11-15-19/h17-18,20H,1-16H2. The Bertz CT molecular complexity index is 298. The molecule has 2 unspecified atom stereocenters. The number of hydrogen-bond donors (Lipinski definition) is 1. The van der Waals surface area contributed by atoms with Crippen LogP contribution in [-0.4, -0.2) is 24.3 Å². The first-order valence-electron chi connectivity index (χ1n) is 9.77. The monoisotopic (exact) mass is 293 g/mol. The molecule has 122 valence electrons. The minimum atomic E-state index is 0.344. The van der Waals surface area contributed by atoms with Crippen LogP contribution in [-0.2, 0) is 4.74 Å².